The molecule has 2 atom stereocenters. The molecule has 5 heteroatoms. The van der Waals surface area contributed by atoms with E-state index in [4.69, 9.17) is 0 Å². The van der Waals surface area contributed by atoms with Crippen LogP contribution in [0.5, 0.6) is 0 Å². The fourth-order valence-corrected chi connectivity index (χ4v) is 3.78. The second-order valence-corrected chi connectivity index (χ2v) is 6.18. The summed E-state index contributed by atoms with van der Waals surface area (Å²) in [5.74, 6) is 0.0645. The topological polar surface area (TPSA) is 29.0 Å². The van der Waals surface area contributed by atoms with Gasteiger partial charge in [0.15, 0.2) is 0 Å². The molecule has 1 aromatic carbocycles. The van der Waals surface area contributed by atoms with Gasteiger partial charge < -0.3 is 0 Å². The minimum Gasteiger partial charge on any atom is -0.289 e. The molecule has 3 nitrogen and oxygen atoms in total. The standard InChI is InChI=1S/C17H17F2N3/c1-10-20-8-14-16(21-10)7-13-3-5-17(14)22(13)9-11-6-12(18)2-4-15(11)19/h2,4,6,8,13,17H,3,5,7,9H2,1H3/t13-,17-/m1/s1. The second-order valence-electron chi connectivity index (χ2n) is 6.18. The highest BCUT2D eigenvalue weighted by atomic mass is 19.1. The Bertz CT molecular complexity index is 732. The Kier molecular flexibility index (Phi) is 3.18. The van der Waals surface area contributed by atoms with Gasteiger partial charge in [-0.05, 0) is 38.0 Å². The van der Waals surface area contributed by atoms with Crippen molar-refractivity contribution in [2.24, 2.45) is 0 Å². The van der Waals surface area contributed by atoms with E-state index in [1.807, 2.05) is 13.1 Å². The summed E-state index contributed by atoms with van der Waals surface area (Å²) < 4.78 is 27.3. The fraction of sp³-hybridized carbons (Fsp3) is 0.412. The smallest absolute Gasteiger partial charge is 0.127 e. The zero-order chi connectivity index (χ0) is 15.3. The third-order valence-corrected chi connectivity index (χ3v) is 4.81. The summed E-state index contributed by atoms with van der Waals surface area (Å²) in [6.07, 6.45) is 4.86. The van der Waals surface area contributed by atoms with Gasteiger partial charge in [-0.1, -0.05) is 0 Å². The maximum atomic E-state index is 13.9. The maximum absolute atomic E-state index is 13.9. The van der Waals surface area contributed by atoms with Crippen LogP contribution in [0.4, 0.5) is 8.78 Å². The van der Waals surface area contributed by atoms with Crippen molar-refractivity contribution in [3.8, 4) is 0 Å². The van der Waals surface area contributed by atoms with Gasteiger partial charge in [0.25, 0.3) is 0 Å². The van der Waals surface area contributed by atoms with Crippen molar-refractivity contribution in [1.82, 2.24) is 14.9 Å². The third-order valence-electron chi connectivity index (χ3n) is 4.81. The molecule has 0 saturated carbocycles. The van der Waals surface area contributed by atoms with E-state index < -0.39 is 0 Å². The Morgan fingerprint density at radius 3 is 3.00 bits per heavy atom. The molecule has 0 amide bonds. The molecule has 2 aliphatic heterocycles. The fourth-order valence-electron chi connectivity index (χ4n) is 3.78. The summed E-state index contributed by atoms with van der Waals surface area (Å²) in [6.45, 7) is 2.34. The molecule has 4 rings (SSSR count). The van der Waals surface area contributed by atoms with Crippen LogP contribution >= 0.6 is 0 Å². The molecule has 0 spiro atoms. The molecule has 1 aromatic heterocycles. The van der Waals surface area contributed by atoms with Crippen molar-refractivity contribution in [2.45, 2.75) is 44.8 Å². The van der Waals surface area contributed by atoms with E-state index in [0.717, 1.165) is 42.4 Å². The van der Waals surface area contributed by atoms with Crippen LogP contribution in [-0.2, 0) is 13.0 Å². The van der Waals surface area contributed by atoms with E-state index >= 15 is 0 Å². The molecule has 2 bridgehead atoms. The van der Waals surface area contributed by atoms with Gasteiger partial charge >= 0.3 is 0 Å². The van der Waals surface area contributed by atoms with E-state index in [-0.39, 0.29) is 17.7 Å². The SMILES string of the molecule is Cc1ncc2c(n1)C[C@H]1CC[C@H]2N1Cc1cc(F)ccc1F. The highest BCUT2D eigenvalue weighted by Gasteiger charge is 2.40. The van der Waals surface area contributed by atoms with E-state index in [1.54, 1.807) is 0 Å². The average Bonchev–Trinajstić information content (AvgIpc) is 2.76. The van der Waals surface area contributed by atoms with Gasteiger partial charge in [0.1, 0.15) is 17.5 Å². The van der Waals surface area contributed by atoms with Crippen LogP contribution in [0.2, 0.25) is 0 Å². The number of aromatic nitrogens is 2. The number of rotatable bonds is 2. The first-order valence-corrected chi connectivity index (χ1v) is 7.64. The number of hydrogen-bond donors (Lipinski definition) is 0. The normalized spacial score (nSPS) is 23.6. The van der Waals surface area contributed by atoms with Crippen molar-refractivity contribution in [1.29, 1.82) is 0 Å². The van der Waals surface area contributed by atoms with Crippen molar-refractivity contribution >= 4 is 0 Å². The molecule has 1 saturated heterocycles. The molecular formula is C17H17F2N3. The van der Waals surface area contributed by atoms with Crippen LogP contribution in [0.15, 0.2) is 24.4 Å². The van der Waals surface area contributed by atoms with Gasteiger partial charge in [0.05, 0.1) is 5.69 Å². The molecule has 0 unspecified atom stereocenters. The van der Waals surface area contributed by atoms with Crippen LogP contribution in [0, 0.1) is 18.6 Å². The number of benzene rings is 1. The van der Waals surface area contributed by atoms with Gasteiger partial charge in [-0.15, -0.1) is 0 Å². The summed E-state index contributed by atoms with van der Waals surface area (Å²) >= 11 is 0. The summed E-state index contributed by atoms with van der Waals surface area (Å²) in [5, 5.41) is 0. The first-order chi connectivity index (χ1) is 10.6. The van der Waals surface area contributed by atoms with E-state index in [0.29, 0.717) is 18.2 Å². The lowest BCUT2D eigenvalue weighted by Crippen LogP contribution is -2.37. The summed E-state index contributed by atoms with van der Waals surface area (Å²) in [7, 11) is 0. The highest BCUT2D eigenvalue weighted by Crippen LogP contribution is 2.43. The van der Waals surface area contributed by atoms with Crippen LogP contribution in [-0.4, -0.2) is 20.9 Å². The largest absolute Gasteiger partial charge is 0.289 e. The number of nitrogens with zero attached hydrogens (tertiary/aromatic N) is 3. The molecular weight excluding hydrogens is 284 g/mol. The monoisotopic (exact) mass is 301 g/mol. The van der Waals surface area contributed by atoms with Gasteiger partial charge in [-0.3, -0.25) is 4.90 Å². The predicted octanol–water partition coefficient (Wildman–Crippen LogP) is 3.33. The molecule has 0 radical (unpaired) electrons. The number of fused-ring (bicyclic) bond motifs is 4. The minimum atomic E-state index is -0.389. The van der Waals surface area contributed by atoms with Crippen molar-refractivity contribution in [3.05, 3.63) is 58.7 Å². The third kappa shape index (κ3) is 2.20. The molecule has 2 aromatic rings. The average molecular weight is 301 g/mol. The quantitative estimate of drug-likeness (QED) is 0.852. The summed E-state index contributed by atoms with van der Waals surface area (Å²) in [5.41, 5.74) is 2.69. The number of aryl methyl sites for hydroxylation is 1. The molecule has 0 N–H and O–H groups in total. The highest BCUT2D eigenvalue weighted by molar-refractivity contribution is 5.29. The van der Waals surface area contributed by atoms with Crippen LogP contribution in [0.25, 0.3) is 0 Å². The van der Waals surface area contributed by atoms with Gasteiger partial charge in [-0.25, -0.2) is 18.7 Å². The lowest BCUT2D eigenvalue weighted by Gasteiger charge is -2.35. The van der Waals surface area contributed by atoms with Gasteiger partial charge in [0.2, 0.25) is 0 Å². The second kappa shape index (κ2) is 5.09. The molecule has 22 heavy (non-hydrogen) atoms. The molecule has 114 valence electrons. The predicted molar refractivity (Wildman–Crippen MR) is 78.1 cm³/mol. The Balaban J connectivity index is 1.67. The molecule has 1 fully saturated rings. The first kappa shape index (κ1) is 13.8. The van der Waals surface area contributed by atoms with Crippen LogP contribution in [0.3, 0.4) is 0 Å². The van der Waals surface area contributed by atoms with Gasteiger partial charge in [-0.2, -0.15) is 0 Å². The van der Waals surface area contributed by atoms with Gasteiger partial charge in [0, 0.05) is 42.4 Å². The molecule has 2 aliphatic rings. The lowest BCUT2D eigenvalue weighted by atomic mass is 9.98. The van der Waals surface area contributed by atoms with Crippen LogP contribution in [0.1, 0.15) is 41.5 Å². The zero-order valence-electron chi connectivity index (χ0n) is 12.4. The maximum Gasteiger partial charge on any atom is 0.127 e. The number of hydrogen-bond acceptors (Lipinski definition) is 3. The summed E-state index contributed by atoms with van der Waals surface area (Å²) in [4.78, 5) is 11.1. The lowest BCUT2D eigenvalue weighted by molar-refractivity contribution is 0.163. The molecule has 0 aliphatic carbocycles. The van der Waals surface area contributed by atoms with Crippen molar-refractivity contribution in [3.63, 3.8) is 0 Å². The van der Waals surface area contributed by atoms with E-state index in [1.165, 1.54) is 12.1 Å². The molecule has 3 heterocycles. The van der Waals surface area contributed by atoms with Crippen molar-refractivity contribution < 1.29 is 8.78 Å². The minimum absolute atomic E-state index is 0.219. The Morgan fingerprint density at radius 2 is 2.14 bits per heavy atom. The Labute approximate surface area is 128 Å². The Hall–Kier alpha value is -1.88. The van der Waals surface area contributed by atoms with E-state index in [9.17, 15) is 8.78 Å². The van der Waals surface area contributed by atoms with E-state index in [2.05, 4.69) is 14.9 Å². The number of halogens is 2. The first-order valence-electron chi connectivity index (χ1n) is 7.64. The van der Waals surface area contributed by atoms with Crippen LogP contribution < -0.4 is 0 Å². The Morgan fingerprint density at radius 1 is 1.27 bits per heavy atom. The van der Waals surface area contributed by atoms with Crippen molar-refractivity contribution in [2.75, 3.05) is 0 Å². The summed E-state index contributed by atoms with van der Waals surface area (Å²) in [6, 6.07) is 4.24. The zero-order valence-corrected chi connectivity index (χ0v) is 12.4.